The molecule has 1 atom stereocenters. The first-order chi connectivity index (χ1) is 17.4. The van der Waals surface area contributed by atoms with Crippen LogP contribution < -0.4 is 21.1 Å². The van der Waals surface area contributed by atoms with E-state index in [1.807, 2.05) is 68.4 Å². The normalized spacial score (nSPS) is 14.9. The summed E-state index contributed by atoms with van der Waals surface area (Å²) >= 11 is 0. The number of benzene rings is 2. The van der Waals surface area contributed by atoms with Crippen molar-refractivity contribution in [2.75, 3.05) is 42.6 Å². The molecule has 1 saturated heterocycles. The van der Waals surface area contributed by atoms with Crippen molar-refractivity contribution in [1.82, 2.24) is 15.1 Å². The van der Waals surface area contributed by atoms with E-state index in [9.17, 15) is 9.59 Å². The van der Waals surface area contributed by atoms with Gasteiger partial charge in [0.15, 0.2) is 0 Å². The van der Waals surface area contributed by atoms with Gasteiger partial charge in [-0.3, -0.25) is 14.6 Å². The fraction of sp³-hybridized carbons (Fsp3) is 0.429. The number of hydrogen-bond donors (Lipinski definition) is 2. The smallest absolute Gasteiger partial charge is 0.343 e. The summed E-state index contributed by atoms with van der Waals surface area (Å²) < 4.78 is 0. The molecule has 8 nitrogen and oxygen atoms in total. The largest absolute Gasteiger partial charge is 0.369 e. The van der Waals surface area contributed by atoms with Crippen molar-refractivity contribution in [3.05, 3.63) is 72.9 Å². The van der Waals surface area contributed by atoms with Gasteiger partial charge in [0.1, 0.15) is 6.04 Å². The van der Waals surface area contributed by atoms with Crippen LogP contribution in [0.2, 0.25) is 0 Å². The Labute approximate surface area is 215 Å². The Morgan fingerprint density at radius 1 is 1.06 bits per heavy atom. The standard InChI is InChI=1S/C28H40N6O2/c1-5-7-17-30-27(35)26(23-11-9-8-10-12-23)32-20-18-31(19-21-32)24-13-15-25(16-14-24)34(29)28(36)33(6-2)22(3)4/h6,8-16,22,26H,2,5,7,17-21,29H2,1,3-4H3,(H,30,35). The molecule has 1 unspecified atom stereocenters. The molecule has 1 aliphatic heterocycles. The number of urea groups is 1. The van der Waals surface area contributed by atoms with Crippen LogP contribution in [0.3, 0.4) is 0 Å². The molecule has 2 aromatic rings. The molecule has 8 heteroatoms. The zero-order valence-corrected chi connectivity index (χ0v) is 21.8. The number of nitrogens with one attached hydrogen (secondary N) is 1. The summed E-state index contributed by atoms with van der Waals surface area (Å²) in [5.74, 6) is 6.16. The van der Waals surface area contributed by atoms with Gasteiger partial charge in [-0.25, -0.2) is 15.6 Å². The molecule has 0 aliphatic carbocycles. The van der Waals surface area contributed by atoms with Gasteiger partial charge in [-0.05, 0) is 50.1 Å². The number of nitrogens with two attached hydrogens (primary N) is 1. The third-order valence-corrected chi connectivity index (χ3v) is 6.55. The second-order valence-electron chi connectivity index (χ2n) is 9.33. The van der Waals surface area contributed by atoms with E-state index in [0.29, 0.717) is 12.2 Å². The Hall–Kier alpha value is -3.36. The average Bonchev–Trinajstić information content (AvgIpc) is 2.90. The molecule has 0 radical (unpaired) electrons. The lowest BCUT2D eigenvalue weighted by molar-refractivity contribution is -0.126. The lowest BCUT2D eigenvalue weighted by Crippen LogP contribution is -2.51. The van der Waals surface area contributed by atoms with Crippen LogP contribution >= 0.6 is 0 Å². The van der Waals surface area contributed by atoms with Crippen molar-refractivity contribution in [1.29, 1.82) is 0 Å². The first kappa shape index (κ1) is 27.2. The maximum absolute atomic E-state index is 13.1. The molecule has 2 aromatic carbocycles. The molecule has 0 bridgehead atoms. The number of unbranched alkanes of at least 4 members (excludes halogenated alkanes) is 1. The Balaban J connectivity index is 1.65. The number of nitrogens with zero attached hydrogens (tertiary/aromatic N) is 4. The van der Waals surface area contributed by atoms with Crippen molar-refractivity contribution in [2.24, 2.45) is 5.84 Å². The predicted octanol–water partition coefficient (Wildman–Crippen LogP) is 4.12. The average molecular weight is 493 g/mol. The fourth-order valence-corrected chi connectivity index (χ4v) is 4.46. The van der Waals surface area contributed by atoms with Crippen LogP contribution in [0.15, 0.2) is 67.4 Å². The number of hydrazine groups is 1. The Morgan fingerprint density at radius 3 is 2.25 bits per heavy atom. The van der Waals surface area contributed by atoms with Crippen LogP contribution in [-0.2, 0) is 4.79 Å². The maximum atomic E-state index is 13.1. The number of rotatable bonds is 10. The second-order valence-corrected chi connectivity index (χ2v) is 9.33. The molecule has 3 rings (SSSR count). The van der Waals surface area contributed by atoms with Gasteiger partial charge < -0.3 is 10.2 Å². The number of piperazine rings is 1. The van der Waals surface area contributed by atoms with E-state index in [1.165, 1.54) is 11.1 Å². The second kappa shape index (κ2) is 13.1. The topological polar surface area (TPSA) is 85.2 Å². The van der Waals surface area contributed by atoms with Crippen LogP contribution in [0.4, 0.5) is 16.2 Å². The highest BCUT2D eigenvalue weighted by Gasteiger charge is 2.30. The van der Waals surface area contributed by atoms with Gasteiger partial charge in [-0.2, -0.15) is 0 Å². The summed E-state index contributed by atoms with van der Waals surface area (Å²) in [6.45, 7) is 13.5. The minimum absolute atomic E-state index is 0.0370. The highest BCUT2D eigenvalue weighted by atomic mass is 16.2. The van der Waals surface area contributed by atoms with E-state index in [1.54, 1.807) is 0 Å². The minimum atomic E-state index is -0.328. The lowest BCUT2D eigenvalue weighted by atomic mass is 10.0. The summed E-state index contributed by atoms with van der Waals surface area (Å²) in [5, 5.41) is 4.26. The number of carbonyl (C=O) groups excluding carboxylic acids is 2. The first-order valence-corrected chi connectivity index (χ1v) is 12.8. The Bertz CT molecular complexity index is 987. The van der Waals surface area contributed by atoms with Gasteiger partial charge in [0.05, 0.1) is 5.69 Å². The minimum Gasteiger partial charge on any atom is -0.369 e. The summed E-state index contributed by atoms with van der Waals surface area (Å²) in [6, 6.07) is 17.0. The van der Waals surface area contributed by atoms with Gasteiger partial charge in [-0.15, -0.1) is 0 Å². The molecular formula is C28H40N6O2. The van der Waals surface area contributed by atoms with E-state index >= 15 is 0 Å². The molecule has 1 fully saturated rings. The quantitative estimate of drug-likeness (QED) is 0.226. The monoisotopic (exact) mass is 492 g/mol. The Kier molecular flexibility index (Phi) is 9.90. The number of carbonyl (C=O) groups is 2. The summed E-state index contributed by atoms with van der Waals surface area (Å²) in [6.07, 6.45) is 3.52. The SMILES string of the molecule is C=CN(C(=O)N(N)c1ccc(N2CCN(C(C(=O)NCCCC)c3ccccc3)CC2)cc1)C(C)C. The van der Waals surface area contributed by atoms with Crippen LogP contribution in [0, 0.1) is 0 Å². The molecule has 194 valence electrons. The number of anilines is 2. The molecule has 3 amide bonds. The van der Waals surface area contributed by atoms with E-state index < -0.39 is 0 Å². The molecule has 0 aromatic heterocycles. The number of hydrogen-bond acceptors (Lipinski definition) is 5. The van der Waals surface area contributed by atoms with E-state index in [0.717, 1.165) is 55.3 Å². The molecular weight excluding hydrogens is 452 g/mol. The first-order valence-electron chi connectivity index (χ1n) is 12.8. The zero-order chi connectivity index (χ0) is 26.1. The van der Waals surface area contributed by atoms with Crippen molar-refractivity contribution in [3.8, 4) is 0 Å². The predicted molar refractivity (Wildman–Crippen MR) is 147 cm³/mol. The summed E-state index contributed by atoms with van der Waals surface area (Å²) in [7, 11) is 0. The van der Waals surface area contributed by atoms with Gasteiger partial charge in [0.2, 0.25) is 5.91 Å². The van der Waals surface area contributed by atoms with Crippen LogP contribution in [0.25, 0.3) is 0 Å². The lowest BCUT2D eigenvalue weighted by Gasteiger charge is -2.40. The molecule has 36 heavy (non-hydrogen) atoms. The summed E-state index contributed by atoms with van der Waals surface area (Å²) in [4.78, 5) is 31.8. The van der Waals surface area contributed by atoms with E-state index in [4.69, 9.17) is 5.84 Å². The third-order valence-electron chi connectivity index (χ3n) is 6.55. The molecule has 1 aliphatic rings. The zero-order valence-electron chi connectivity index (χ0n) is 21.8. The van der Waals surface area contributed by atoms with E-state index in [-0.39, 0.29) is 24.0 Å². The fourth-order valence-electron chi connectivity index (χ4n) is 4.46. The highest BCUT2D eigenvalue weighted by Crippen LogP contribution is 2.26. The Morgan fingerprint density at radius 2 is 1.69 bits per heavy atom. The molecule has 3 N–H and O–H groups in total. The van der Waals surface area contributed by atoms with Crippen LogP contribution in [-0.4, -0.2) is 60.5 Å². The van der Waals surface area contributed by atoms with Crippen molar-refractivity contribution < 1.29 is 9.59 Å². The van der Waals surface area contributed by atoms with Gasteiger partial charge in [0, 0.05) is 50.7 Å². The van der Waals surface area contributed by atoms with Gasteiger partial charge >= 0.3 is 6.03 Å². The van der Waals surface area contributed by atoms with Crippen LogP contribution in [0.1, 0.15) is 45.2 Å². The molecule has 0 spiro atoms. The van der Waals surface area contributed by atoms with E-state index in [2.05, 4.69) is 28.6 Å². The van der Waals surface area contributed by atoms with Crippen molar-refractivity contribution >= 4 is 23.3 Å². The van der Waals surface area contributed by atoms with Gasteiger partial charge in [0.25, 0.3) is 0 Å². The third kappa shape index (κ3) is 6.65. The van der Waals surface area contributed by atoms with Crippen LogP contribution in [0.5, 0.6) is 0 Å². The number of amides is 3. The molecule has 1 heterocycles. The highest BCUT2D eigenvalue weighted by molar-refractivity contribution is 5.91. The molecule has 0 saturated carbocycles. The summed E-state index contributed by atoms with van der Waals surface area (Å²) in [5.41, 5.74) is 2.70. The maximum Gasteiger partial charge on any atom is 0.343 e. The van der Waals surface area contributed by atoms with Crippen molar-refractivity contribution in [3.63, 3.8) is 0 Å². The van der Waals surface area contributed by atoms with Gasteiger partial charge in [-0.1, -0.05) is 50.3 Å². The van der Waals surface area contributed by atoms with Crippen molar-refractivity contribution in [2.45, 2.75) is 45.7 Å².